The van der Waals surface area contributed by atoms with E-state index in [1.54, 1.807) is 26.1 Å². The van der Waals surface area contributed by atoms with Crippen LogP contribution in [0.25, 0.3) is 0 Å². The molecule has 9 heteroatoms. The smallest absolute Gasteiger partial charge is 0.323 e. The van der Waals surface area contributed by atoms with Crippen LogP contribution in [0.1, 0.15) is 54.1 Å². The number of urea groups is 1. The highest BCUT2D eigenvalue weighted by Crippen LogP contribution is 2.32. The lowest BCUT2D eigenvalue weighted by molar-refractivity contribution is -0.120. The Morgan fingerprint density at radius 3 is 2.53 bits per heavy atom. The molecule has 2 amide bonds. The first-order valence-electron chi connectivity index (χ1n) is 11.2. The van der Waals surface area contributed by atoms with Crippen LogP contribution in [-0.2, 0) is 17.8 Å². The molecule has 4 rings (SSSR count). The standard InChI is InChI=1S/C25H28F2N4O3/c1-15-4-6-16(7-5-15)21(24(2,3)34)10-19(32)9-18-8-17-11-29-22(20(17)12-28-18)30-23(33)31-13-25(26,27)14-31/h4-8,12,21,34H,9-11,13-14H2,1-3H3,(H,29,30,33)/t21-/m0/s1. The monoisotopic (exact) mass is 470 g/mol. The van der Waals surface area contributed by atoms with Crippen molar-refractivity contribution in [3.63, 3.8) is 0 Å². The van der Waals surface area contributed by atoms with E-state index in [4.69, 9.17) is 0 Å². The number of carbonyl (C=O) groups is 2. The first-order chi connectivity index (χ1) is 15.9. The molecule has 0 unspecified atom stereocenters. The number of aliphatic hydroxyl groups is 1. The van der Waals surface area contributed by atoms with Crippen molar-refractivity contribution in [1.29, 1.82) is 0 Å². The number of amidine groups is 1. The van der Waals surface area contributed by atoms with Crippen LogP contribution < -0.4 is 5.32 Å². The van der Waals surface area contributed by atoms with Gasteiger partial charge in [-0.1, -0.05) is 29.8 Å². The molecule has 0 aliphatic carbocycles. The summed E-state index contributed by atoms with van der Waals surface area (Å²) >= 11 is 0. The zero-order valence-electron chi connectivity index (χ0n) is 19.4. The molecule has 7 nitrogen and oxygen atoms in total. The number of likely N-dealkylation sites (tertiary alicyclic amines) is 1. The Morgan fingerprint density at radius 2 is 1.91 bits per heavy atom. The first-order valence-corrected chi connectivity index (χ1v) is 11.2. The van der Waals surface area contributed by atoms with Crippen molar-refractivity contribution in [3.8, 4) is 0 Å². The second-order valence-electron chi connectivity index (χ2n) is 9.68. The Kier molecular flexibility index (Phi) is 6.24. The number of nitrogens with zero attached hydrogens (tertiary/aromatic N) is 3. The summed E-state index contributed by atoms with van der Waals surface area (Å²) < 4.78 is 26.0. The van der Waals surface area contributed by atoms with Crippen LogP contribution in [0, 0.1) is 6.92 Å². The highest BCUT2D eigenvalue weighted by atomic mass is 19.3. The van der Waals surface area contributed by atoms with Gasteiger partial charge in [0, 0.05) is 36.2 Å². The molecule has 2 aromatic rings. The number of aliphatic imine (C=N–C) groups is 1. The van der Waals surface area contributed by atoms with Gasteiger partial charge in [0.1, 0.15) is 11.6 Å². The van der Waals surface area contributed by atoms with Crippen molar-refractivity contribution in [2.45, 2.75) is 57.6 Å². The summed E-state index contributed by atoms with van der Waals surface area (Å²) in [5.74, 6) is -2.94. The summed E-state index contributed by atoms with van der Waals surface area (Å²) in [6, 6.07) is 8.96. The van der Waals surface area contributed by atoms with Crippen LogP contribution in [0.2, 0.25) is 0 Å². The first kappa shape index (κ1) is 23.9. The summed E-state index contributed by atoms with van der Waals surface area (Å²) in [4.78, 5) is 34.7. The predicted octanol–water partition coefficient (Wildman–Crippen LogP) is 3.37. The maximum atomic E-state index is 13.0. The van der Waals surface area contributed by atoms with Gasteiger partial charge >= 0.3 is 6.03 Å². The van der Waals surface area contributed by atoms with Gasteiger partial charge in [-0.3, -0.25) is 20.1 Å². The largest absolute Gasteiger partial charge is 0.390 e. The van der Waals surface area contributed by atoms with Crippen LogP contribution >= 0.6 is 0 Å². The number of Topliss-reactive ketones (excluding diaryl/α,β-unsaturated/α-hetero) is 1. The lowest BCUT2D eigenvalue weighted by Crippen LogP contribution is -2.61. The number of halogens is 2. The topological polar surface area (TPSA) is 94.9 Å². The van der Waals surface area contributed by atoms with Gasteiger partial charge in [0.2, 0.25) is 0 Å². The lowest BCUT2D eigenvalue weighted by atomic mass is 9.80. The second kappa shape index (κ2) is 8.87. The number of aromatic nitrogens is 1. The van der Waals surface area contributed by atoms with Crippen molar-refractivity contribution in [2.75, 3.05) is 13.1 Å². The zero-order chi connectivity index (χ0) is 24.7. The van der Waals surface area contributed by atoms with E-state index < -0.39 is 30.6 Å². The average molecular weight is 471 g/mol. The minimum Gasteiger partial charge on any atom is -0.390 e. The van der Waals surface area contributed by atoms with Crippen molar-refractivity contribution >= 4 is 17.6 Å². The summed E-state index contributed by atoms with van der Waals surface area (Å²) in [7, 11) is 0. The van der Waals surface area contributed by atoms with Gasteiger partial charge in [-0.25, -0.2) is 13.6 Å². The van der Waals surface area contributed by atoms with Gasteiger partial charge in [0.25, 0.3) is 5.92 Å². The molecule has 1 fully saturated rings. The van der Waals surface area contributed by atoms with Crippen molar-refractivity contribution in [1.82, 2.24) is 15.2 Å². The summed E-state index contributed by atoms with van der Waals surface area (Å²) in [6.45, 7) is 4.48. The molecule has 3 heterocycles. The number of benzene rings is 1. The van der Waals surface area contributed by atoms with E-state index in [1.165, 1.54) is 0 Å². The molecule has 2 N–H and O–H groups in total. The number of aryl methyl sites for hydroxylation is 1. The molecule has 2 aliphatic heterocycles. The summed E-state index contributed by atoms with van der Waals surface area (Å²) in [5, 5.41) is 13.2. The average Bonchev–Trinajstić information content (AvgIpc) is 3.12. The third kappa shape index (κ3) is 5.30. The van der Waals surface area contributed by atoms with E-state index >= 15 is 0 Å². The van der Waals surface area contributed by atoms with Crippen molar-refractivity contribution < 1.29 is 23.5 Å². The number of fused-ring (bicyclic) bond motifs is 1. The number of hydrogen-bond donors (Lipinski definition) is 2. The van der Waals surface area contributed by atoms with Gasteiger partial charge in [0.15, 0.2) is 0 Å². The second-order valence-corrected chi connectivity index (χ2v) is 9.68. The van der Waals surface area contributed by atoms with Crippen LogP contribution in [0.3, 0.4) is 0 Å². The molecule has 0 bridgehead atoms. The van der Waals surface area contributed by atoms with E-state index in [0.29, 0.717) is 23.6 Å². The molecule has 34 heavy (non-hydrogen) atoms. The maximum Gasteiger partial charge on any atom is 0.323 e. The Morgan fingerprint density at radius 1 is 1.24 bits per heavy atom. The third-order valence-electron chi connectivity index (χ3n) is 6.21. The van der Waals surface area contributed by atoms with E-state index in [2.05, 4.69) is 15.3 Å². The van der Waals surface area contributed by atoms with Gasteiger partial charge in [-0.2, -0.15) is 0 Å². The number of amides is 2. The predicted molar refractivity (Wildman–Crippen MR) is 123 cm³/mol. The molecule has 0 spiro atoms. The van der Waals surface area contributed by atoms with Crippen LogP contribution in [0.5, 0.6) is 0 Å². The molecule has 1 atom stereocenters. The van der Waals surface area contributed by atoms with Crippen LogP contribution in [0.15, 0.2) is 41.5 Å². The van der Waals surface area contributed by atoms with Crippen LogP contribution in [0.4, 0.5) is 13.6 Å². The maximum absolute atomic E-state index is 13.0. The van der Waals surface area contributed by atoms with Gasteiger partial charge in [0.05, 0.1) is 25.2 Å². The summed E-state index contributed by atoms with van der Waals surface area (Å²) in [5.41, 5.74) is 2.94. The number of nitrogens with one attached hydrogen (secondary N) is 1. The number of ketones is 1. The molecule has 2 aliphatic rings. The number of rotatable bonds is 6. The fourth-order valence-electron chi connectivity index (χ4n) is 4.26. The Bertz CT molecular complexity index is 1130. The minimum atomic E-state index is -2.83. The number of pyridine rings is 1. The fourth-order valence-corrected chi connectivity index (χ4v) is 4.26. The van der Waals surface area contributed by atoms with Gasteiger partial charge in [-0.05, 0) is 38.0 Å². The Balaban J connectivity index is 1.39. The number of carbonyl (C=O) groups excluding carboxylic acids is 2. The number of hydrogen-bond acceptors (Lipinski definition) is 5. The fraction of sp³-hybridized carbons (Fsp3) is 0.440. The van der Waals surface area contributed by atoms with Gasteiger partial charge < -0.3 is 10.0 Å². The normalized spacial score (nSPS) is 17.5. The molecule has 180 valence electrons. The summed E-state index contributed by atoms with van der Waals surface area (Å²) in [6.07, 6.45) is 1.82. The van der Waals surface area contributed by atoms with Gasteiger partial charge in [-0.15, -0.1) is 0 Å². The van der Waals surface area contributed by atoms with Crippen molar-refractivity contribution in [3.05, 3.63) is 64.5 Å². The number of alkyl halides is 2. The minimum absolute atomic E-state index is 0.0497. The Labute approximate surface area is 196 Å². The highest BCUT2D eigenvalue weighted by Gasteiger charge is 2.46. The third-order valence-corrected chi connectivity index (χ3v) is 6.21. The molecule has 1 aromatic heterocycles. The van der Waals surface area contributed by atoms with Crippen molar-refractivity contribution in [2.24, 2.45) is 4.99 Å². The van der Waals surface area contributed by atoms with E-state index in [-0.39, 0.29) is 24.5 Å². The molecule has 1 aromatic carbocycles. The highest BCUT2D eigenvalue weighted by molar-refractivity contribution is 6.09. The zero-order valence-corrected chi connectivity index (χ0v) is 19.4. The lowest BCUT2D eigenvalue weighted by Gasteiger charge is -2.38. The molecule has 1 saturated heterocycles. The van der Waals surface area contributed by atoms with E-state index in [1.807, 2.05) is 31.2 Å². The molecule has 0 radical (unpaired) electrons. The van der Waals surface area contributed by atoms with Crippen LogP contribution in [-0.4, -0.2) is 57.3 Å². The SMILES string of the molecule is Cc1ccc([C@H](CC(=O)Cc2cc3c(cn2)C(NC(=O)N2CC(F)(F)C2)=NC3)C(C)(C)O)cc1. The Hall–Kier alpha value is -3.20. The molecule has 0 saturated carbocycles. The van der Waals surface area contributed by atoms with E-state index in [9.17, 15) is 23.5 Å². The molecular weight excluding hydrogens is 442 g/mol. The van der Waals surface area contributed by atoms with E-state index in [0.717, 1.165) is 21.6 Å². The quantitative estimate of drug-likeness (QED) is 0.677. The molecular formula is C25H28F2N4O3.